The average Bonchev–Trinajstić information content (AvgIpc) is 2.45. The maximum Gasteiger partial charge on any atom is 0.193 e. The minimum Gasteiger partial charge on any atom is -0.357 e. The smallest absolute Gasteiger partial charge is 0.193 e. The van der Waals surface area contributed by atoms with E-state index in [9.17, 15) is 0 Å². The number of guanidine groups is 1. The number of pyridine rings is 1. The molecule has 0 spiro atoms. The van der Waals surface area contributed by atoms with Gasteiger partial charge in [0.2, 0.25) is 0 Å². The molecular weight excluding hydrogens is 399 g/mol. The molecule has 0 saturated carbocycles. The van der Waals surface area contributed by atoms with Crippen molar-refractivity contribution >= 4 is 41.5 Å². The summed E-state index contributed by atoms with van der Waals surface area (Å²) >= 11 is 5.77. The molecule has 21 heavy (non-hydrogen) atoms. The van der Waals surface area contributed by atoms with Crippen LogP contribution in [0.3, 0.4) is 0 Å². The number of aromatic nitrogens is 1. The van der Waals surface area contributed by atoms with Gasteiger partial charge in [0.25, 0.3) is 0 Å². The van der Waals surface area contributed by atoms with Gasteiger partial charge in [-0.2, -0.15) is 0 Å². The maximum atomic E-state index is 5.77. The third-order valence-corrected chi connectivity index (χ3v) is 3.02. The van der Waals surface area contributed by atoms with Gasteiger partial charge >= 0.3 is 0 Å². The van der Waals surface area contributed by atoms with E-state index in [0.29, 0.717) is 11.7 Å². The minimum absolute atomic E-state index is 0. The molecule has 0 radical (unpaired) electrons. The highest BCUT2D eigenvalue weighted by Gasteiger charge is 2.04. The second-order valence-corrected chi connectivity index (χ2v) is 4.90. The molecule has 1 heterocycles. The third kappa shape index (κ3) is 8.26. The van der Waals surface area contributed by atoms with Crippen molar-refractivity contribution in [1.29, 1.82) is 0 Å². The number of nitrogens with one attached hydrogen (secondary N) is 1. The van der Waals surface area contributed by atoms with Gasteiger partial charge in [-0.15, -0.1) is 30.6 Å². The molecule has 6 heteroatoms. The lowest BCUT2D eigenvalue weighted by Gasteiger charge is -2.21. The lowest BCUT2D eigenvalue weighted by atomic mass is 10.3. The van der Waals surface area contributed by atoms with Crippen molar-refractivity contribution in [2.24, 2.45) is 4.99 Å². The van der Waals surface area contributed by atoms with Crippen molar-refractivity contribution in [3.05, 3.63) is 41.7 Å². The normalized spacial score (nSPS) is 10.7. The van der Waals surface area contributed by atoms with Gasteiger partial charge in [0, 0.05) is 26.3 Å². The van der Waals surface area contributed by atoms with Crippen LogP contribution in [0.1, 0.15) is 25.3 Å². The van der Waals surface area contributed by atoms with Crippen molar-refractivity contribution in [2.45, 2.75) is 26.3 Å². The molecule has 118 valence electrons. The summed E-state index contributed by atoms with van der Waals surface area (Å²) in [5.41, 5.74) is 1.05. The predicted molar refractivity (Wildman–Crippen MR) is 102 cm³/mol. The first-order chi connectivity index (χ1) is 9.67. The Labute approximate surface area is 149 Å². The third-order valence-electron chi connectivity index (χ3n) is 2.80. The van der Waals surface area contributed by atoms with Crippen LogP contribution in [-0.4, -0.2) is 36.0 Å². The highest BCUT2D eigenvalue weighted by Crippen LogP contribution is 2.06. The van der Waals surface area contributed by atoms with Crippen molar-refractivity contribution < 1.29 is 0 Å². The van der Waals surface area contributed by atoms with Gasteiger partial charge in [-0.1, -0.05) is 23.7 Å². The molecule has 0 aromatic carbocycles. The van der Waals surface area contributed by atoms with Crippen LogP contribution in [0, 0.1) is 0 Å². The Morgan fingerprint density at radius 1 is 1.52 bits per heavy atom. The Kier molecular flexibility index (Phi) is 11.3. The van der Waals surface area contributed by atoms with Gasteiger partial charge in [-0.25, -0.2) is 9.98 Å². The Morgan fingerprint density at radius 3 is 2.86 bits per heavy atom. The predicted octanol–water partition coefficient (Wildman–Crippen LogP) is 3.72. The number of allylic oxidation sites excluding steroid dienone is 1. The molecule has 4 nitrogen and oxygen atoms in total. The van der Waals surface area contributed by atoms with E-state index in [2.05, 4.69) is 33.7 Å². The van der Waals surface area contributed by atoms with Crippen molar-refractivity contribution in [3.63, 3.8) is 0 Å². The van der Waals surface area contributed by atoms with Crippen LogP contribution in [0.25, 0.3) is 0 Å². The lowest BCUT2D eigenvalue weighted by Crippen LogP contribution is -2.39. The van der Waals surface area contributed by atoms with Crippen LogP contribution in [-0.2, 0) is 6.54 Å². The molecule has 1 aromatic heterocycles. The summed E-state index contributed by atoms with van der Waals surface area (Å²) in [6.45, 7) is 8.21. The van der Waals surface area contributed by atoms with Gasteiger partial charge in [0.1, 0.15) is 5.15 Å². The highest BCUT2D eigenvalue weighted by atomic mass is 127. The number of nitrogens with zero attached hydrogens (tertiary/aromatic N) is 3. The monoisotopic (exact) mass is 422 g/mol. The van der Waals surface area contributed by atoms with Gasteiger partial charge in [-0.3, -0.25) is 0 Å². The van der Waals surface area contributed by atoms with Crippen molar-refractivity contribution in [2.75, 3.05) is 20.1 Å². The molecule has 1 N–H and O–H groups in total. The molecule has 0 unspecified atom stereocenters. The minimum atomic E-state index is 0. The Morgan fingerprint density at radius 2 is 2.29 bits per heavy atom. The van der Waals surface area contributed by atoms with Gasteiger partial charge in [0.15, 0.2) is 5.96 Å². The summed E-state index contributed by atoms with van der Waals surface area (Å²) in [7, 11) is 2.05. The molecule has 0 aliphatic heterocycles. The fraction of sp³-hybridized carbons (Fsp3) is 0.467. The van der Waals surface area contributed by atoms with Crippen molar-refractivity contribution in [3.8, 4) is 0 Å². The zero-order valence-corrected chi connectivity index (χ0v) is 15.8. The van der Waals surface area contributed by atoms with E-state index in [-0.39, 0.29) is 24.0 Å². The second kappa shape index (κ2) is 11.8. The van der Waals surface area contributed by atoms with E-state index >= 15 is 0 Å². The van der Waals surface area contributed by atoms with Gasteiger partial charge in [-0.05, 0) is 31.4 Å². The maximum absolute atomic E-state index is 5.77. The molecule has 0 aliphatic carbocycles. The number of aliphatic imine (C=N–C) groups is 1. The van der Waals surface area contributed by atoms with E-state index in [0.717, 1.165) is 37.5 Å². The number of hydrogen-bond donors (Lipinski definition) is 1. The number of rotatable bonds is 7. The fourth-order valence-electron chi connectivity index (χ4n) is 1.71. The zero-order chi connectivity index (χ0) is 14.8. The molecule has 0 bridgehead atoms. The zero-order valence-electron chi connectivity index (χ0n) is 12.7. The standard InChI is InChI=1S/C15H23ClN4.HI/c1-4-6-7-10-20(3)15(17-5-2)19-12-13-8-9-14(16)18-11-13;/h4,8-9,11H,1,5-7,10,12H2,2-3H3,(H,17,19);1H. The first-order valence-electron chi connectivity index (χ1n) is 6.88. The largest absolute Gasteiger partial charge is 0.357 e. The number of unbranched alkanes of at least 4 members (excludes halogenated alkanes) is 1. The van der Waals surface area contributed by atoms with Crippen LogP contribution >= 0.6 is 35.6 Å². The summed E-state index contributed by atoms with van der Waals surface area (Å²) in [5.74, 6) is 0.909. The molecule has 0 saturated heterocycles. The van der Waals surface area contributed by atoms with Crippen LogP contribution < -0.4 is 5.32 Å². The Hall–Kier alpha value is -0.820. The average molecular weight is 423 g/mol. The quantitative estimate of drug-likeness (QED) is 0.182. The lowest BCUT2D eigenvalue weighted by molar-refractivity contribution is 0.470. The SMILES string of the molecule is C=CCCCN(C)C(=NCc1ccc(Cl)nc1)NCC.I. The van der Waals surface area contributed by atoms with Gasteiger partial charge in [0.05, 0.1) is 6.54 Å². The van der Waals surface area contributed by atoms with E-state index < -0.39 is 0 Å². The van der Waals surface area contributed by atoms with Crippen LogP contribution in [0.2, 0.25) is 5.15 Å². The van der Waals surface area contributed by atoms with Crippen LogP contribution in [0.5, 0.6) is 0 Å². The Balaban J connectivity index is 0.00000400. The fourth-order valence-corrected chi connectivity index (χ4v) is 1.83. The van der Waals surface area contributed by atoms with Crippen LogP contribution in [0.15, 0.2) is 36.0 Å². The Bertz CT molecular complexity index is 434. The van der Waals surface area contributed by atoms with Crippen LogP contribution in [0.4, 0.5) is 0 Å². The van der Waals surface area contributed by atoms with Crippen molar-refractivity contribution in [1.82, 2.24) is 15.2 Å². The number of halogens is 2. The number of hydrogen-bond acceptors (Lipinski definition) is 2. The van der Waals surface area contributed by atoms with E-state index in [4.69, 9.17) is 11.6 Å². The summed E-state index contributed by atoms with van der Waals surface area (Å²) in [6.07, 6.45) is 5.79. The molecule has 1 rings (SSSR count). The highest BCUT2D eigenvalue weighted by molar-refractivity contribution is 14.0. The molecular formula is C15H24ClIN4. The van der Waals surface area contributed by atoms with Gasteiger partial charge < -0.3 is 10.2 Å². The molecule has 0 atom stereocenters. The summed E-state index contributed by atoms with van der Waals surface area (Å²) in [4.78, 5) is 10.8. The summed E-state index contributed by atoms with van der Waals surface area (Å²) < 4.78 is 0. The summed E-state index contributed by atoms with van der Waals surface area (Å²) in [5, 5.41) is 3.80. The van der Waals surface area contributed by atoms with E-state index in [1.165, 1.54) is 0 Å². The molecule has 1 aromatic rings. The summed E-state index contributed by atoms with van der Waals surface area (Å²) in [6, 6.07) is 3.73. The second-order valence-electron chi connectivity index (χ2n) is 4.51. The van der Waals surface area contributed by atoms with E-state index in [1.807, 2.05) is 19.2 Å². The first-order valence-corrected chi connectivity index (χ1v) is 7.26. The molecule has 0 amide bonds. The first kappa shape index (κ1) is 20.2. The topological polar surface area (TPSA) is 40.5 Å². The molecule has 0 aliphatic rings. The molecule has 0 fully saturated rings. The van der Waals surface area contributed by atoms with E-state index in [1.54, 1.807) is 12.3 Å².